The normalized spacial score (nSPS) is 11.2. The summed E-state index contributed by atoms with van der Waals surface area (Å²) in [6.45, 7) is 2.04. The molecule has 0 spiro atoms. The van der Waals surface area contributed by atoms with Gasteiger partial charge in [0, 0.05) is 5.56 Å². The number of fused-ring (bicyclic) bond motifs is 1. The first-order valence-electron chi connectivity index (χ1n) is 7.16. The van der Waals surface area contributed by atoms with Gasteiger partial charge in [-0.05, 0) is 31.2 Å². The van der Waals surface area contributed by atoms with Gasteiger partial charge in [-0.1, -0.05) is 41.6 Å². The molecule has 4 aromatic rings. The van der Waals surface area contributed by atoms with Crippen LogP contribution in [0, 0.1) is 6.92 Å². The molecule has 0 N–H and O–H groups in total. The molecule has 0 aliphatic heterocycles. The van der Waals surface area contributed by atoms with E-state index in [1.54, 1.807) is 11.3 Å². The predicted molar refractivity (Wildman–Crippen MR) is 93.7 cm³/mol. The Hall–Kier alpha value is -2.18. The van der Waals surface area contributed by atoms with Crippen molar-refractivity contribution in [3.8, 4) is 11.5 Å². The van der Waals surface area contributed by atoms with Gasteiger partial charge in [0.1, 0.15) is 5.01 Å². The van der Waals surface area contributed by atoms with Crippen molar-refractivity contribution in [2.75, 3.05) is 0 Å². The van der Waals surface area contributed by atoms with Gasteiger partial charge in [0.05, 0.1) is 16.0 Å². The molecule has 0 saturated heterocycles. The first-order chi connectivity index (χ1) is 11.3. The van der Waals surface area contributed by atoms with Crippen LogP contribution in [0.5, 0.6) is 0 Å². The van der Waals surface area contributed by atoms with Crippen LogP contribution in [0.15, 0.2) is 58.2 Å². The van der Waals surface area contributed by atoms with E-state index in [0.29, 0.717) is 11.1 Å². The van der Waals surface area contributed by atoms with Gasteiger partial charge in [-0.15, -0.1) is 21.5 Å². The minimum Gasteiger partial charge on any atom is -0.411 e. The molecule has 0 aliphatic rings. The molecular formula is C17H13N3OS2. The average Bonchev–Trinajstić information content (AvgIpc) is 3.19. The lowest BCUT2D eigenvalue weighted by Gasteiger charge is -1.96. The zero-order chi connectivity index (χ0) is 15.6. The number of thiazole rings is 1. The summed E-state index contributed by atoms with van der Waals surface area (Å²) in [5.74, 6) is 1.29. The van der Waals surface area contributed by atoms with Crippen LogP contribution in [0.25, 0.3) is 21.7 Å². The molecule has 2 heterocycles. The lowest BCUT2D eigenvalue weighted by atomic mass is 10.1. The van der Waals surface area contributed by atoms with Gasteiger partial charge < -0.3 is 4.42 Å². The average molecular weight is 339 g/mol. The van der Waals surface area contributed by atoms with Gasteiger partial charge in [-0.25, -0.2) is 4.98 Å². The lowest BCUT2D eigenvalue weighted by Crippen LogP contribution is -1.78. The SMILES string of the molecule is Cc1cccc(-c2nnc(SCc3nc4ccccc4s3)o2)c1. The second-order valence-corrected chi connectivity index (χ2v) is 7.15. The summed E-state index contributed by atoms with van der Waals surface area (Å²) in [4.78, 5) is 4.61. The van der Waals surface area contributed by atoms with E-state index < -0.39 is 0 Å². The first kappa shape index (κ1) is 14.4. The monoisotopic (exact) mass is 339 g/mol. The lowest BCUT2D eigenvalue weighted by molar-refractivity contribution is 0.466. The highest BCUT2D eigenvalue weighted by atomic mass is 32.2. The zero-order valence-electron chi connectivity index (χ0n) is 12.4. The van der Waals surface area contributed by atoms with Crippen molar-refractivity contribution in [2.24, 2.45) is 0 Å². The molecule has 0 amide bonds. The first-order valence-corrected chi connectivity index (χ1v) is 8.96. The number of hydrogen-bond acceptors (Lipinski definition) is 6. The molecule has 4 nitrogen and oxygen atoms in total. The van der Waals surface area contributed by atoms with Crippen LogP contribution in [-0.4, -0.2) is 15.2 Å². The highest BCUT2D eigenvalue weighted by molar-refractivity contribution is 7.98. The molecule has 0 bridgehead atoms. The maximum atomic E-state index is 5.74. The maximum Gasteiger partial charge on any atom is 0.277 e. The molecule has 4 rings (SSSR count). The molecule has 0 radical (unpaired) electrons. The Bertz CT molecular complexity index is 928. The van der Waals surface area contributed by atoms with Crippen molar-refractivity contribution < 1.29 is 4.42 Å². The van der Waals surface area contributed by atoms with E-state index in [-0.39, 0.29) is 0 Å². The molecule has 0 saturated carbocycles. The van der Waals surface area contributed by atoms with Crippen LogP contribution in [0.2, 0.25) is 0 Å². The topological polar surface area (TPSA) is 51.8 Å². The van der Waals surface area contributed by atoms with Crippen LogP contribution in [0.1, 0.15) is 10.6 Å². The Morgan fingerprint density at radius 3 is 2.87 bits per heavy atom. The minimum absolute atomic E-state index is 0.556. The van der Waals surface area contributed by atoms with Crippen LogP contribution < -0.4 is 0 Å². The number of para-hydroxylation sites is 1. The van der Waals surface area contributed by atoms with Gasteiger partial charge in [0.25, 0.3) is 5.22 Å². The third-order valence-corrected chi connectivity index (χ3v) is 5.38. The highest BCUT2D eigenvalue weighted by Gasteiger charge is 2.11. The van der Waals surface area contributed by atoms with Crippen molar-refractivity contribution in [1.82, 2.24) is 15.2 Å². The van der Waals surface area contributed by atoms with Crippen molar-refractivity contribution >= 4 is 33.3 Å². The second-order valence-electron chi connectivity index (χ2n) is 5.11. The summed E-state index contributed by atoms with van der Waals surface area (Å²) < 4.78 is 6.94. The number of aromatic nitrogens is 3. The van der Waals surface area contributed by atoms with Crippen molar-refractivity contribution in [3.63, 3.8) is 0 Å². The summed E-state index contributed by atoms with van der Waals surface area (Å²) in [6.07, 6.45) is 0. The molecule has 2 aromatic carbocycles. The Labute approximate surface area is 141 Å². The van der Waals surface area contributed by atoms with E-state index in [2.05, 4.69) is 21.2 Å². The molecular weight excluding hydrogens is 326 g/mol. The van der Waals surface area contributed by atoms with E-state index >= 15 is 0 Å². The largest absolute Gasteiger partial charge is 0.411 e. The molecule has 0 atom stereocenters. The highest BCUT2D eigenvalue weighted by Crippen LogP contribution is 2.29. The van der Waals surface area contributed by atoms with Gasteiger partial charge in [0.15, 0.2) is 0 Å². The molecule has 114 valence electrons. The fraction of sp³-hybridized carbons (Fsp3) is 0.118. The maximum absolute atomic E-state index is 5.74. The molecule has 0 unspecified atom stereocenters. The number of nitrogens with zero attached hydrogens (tertiary/aromatic N) is 3. The smallest absolute Gasteiger partial charge is 0.277 e. The summed E-state index contributed by atoms with van der Waals surface area (Å²) in [5.41, 5.74) is 3.16. The van der Waals surface area contributed by atoms with Gasteiger partial charge >= 0.3 is 0 Å². The molecule has 0 aliphatic carbocycles. The Morgan fingerprint density at radius 1 is 1.09 bits per heavy atom. The number of benzene rings is 2. The fourth-order valence-corrected chi connectivity index (χ4v) is 3.99. The van der Waals surface area contributed by atoms with Gasteiger partial charge in [-0.3, -0.25) is 0 Å². The third-order valence-electron chi connectivity index (χ3n) is 3.33. The van der Waals surface area contributed by atoms with Crippen molar-refractivity contribution in [3.05, 3.63) is 59.1 Å². The summed E-state index contributed by atoms with van der Waals surface area (Å²) in [6, 6.07) is 16.2. The van der Waals surface area contributed by atoms with E-state index in [1.807, 2.05) is 49.4 Å². The third kappa shape index (κ3) is 3.13. The van der Waals surface area contributed by atoms with E-state index in [4.69, 9.17) is 4.42 Å². The van der Waals surface area contributed by atoms with Crippen LogP contribution >= 0.6 is 23.1 Å². The number of aryl methyl sites for hydroxylation is 1. The standard InChI is InChI=1S/C17H13N3OS2/c1-11-5-4-6-12(9-11)16-19-20-17(21-16)22-10-15-18-13-7-2-3-8-14(13)23-15/h2-9H,10H2,1H3. The van der Waals surface area contributed by atoms with Crippen molar-refractivity contribution in [2.45, 2.75) is 17.9 Å². The number of hydrogen-bond donors (Lipinski definition) is 0. The predicted octanol–water partition coefficient (Wildman–Crippen LogP) is 4.95. The number of rotatable bonds is 4. The van der Waals surface area contributed by atoms with E-state index in [1.165, 1.54) is 22.0 Å². The fourth-order valence-electron chi connectivity index (χ4n) is 2.27. The molecule has 2 aromatic heterocycles. The molecule has 0 fully saturated rings. The summed E-state index contributed by atoms with van der Waals surface area (Å²) in [5, 5.41) is 9.87. The van der Waals surface area contributed by atoms with Crippen LogP contribution in [0.4, 0.5) is 0 Å². The Balaban J connectivity index is 1.49. The second kappa shape index (κ2) is 6.14. The van der Waals surface area contributed by atoms with Gasteiger partial charge in [-0.2, -0.15) is 0 Å². The van der Waals surface area contributed by atoms with Crippen molar-refractivity contribution in [1.29, 1.82) is 0 Å². The van der Waals surface area contributed by atoms with Gasteiger partial charge in [0.2, 0.25) is 5.89 Å². The summed E-state index contributed by atoms with van der Waals surface area (Å²) in [7, 11) is 0. The Kier molecular flexibility index (Phi) is 3.85. The van der Waals surface area contributed by atoms with E-state index in [0.717, 1.165) is 21.8 Å². The van der Waals surface area contributed by atoms with Crippen LogP contribution in [0.3, 0.4) is 0 Å². The van der Waals surface area contributed by atoms with E-state index in [9.17, 15) is 0 Å². The zero-order valence-corrected chi connectivity index (χ0v) is 14.0. The minimum atomic E-state index is 0.556. The summed E-state index contributed by atoms with van der Waals surface area (Å²) >= 11 is 3.22. The molecule has 6 heteroatoms. The Morgan fingerprint density at radius 2 is 2.00 bits per heavy atom. The molecule has 23 heavy (non-hydrogen) atoms. The van der Waals surface area contributed by atoms with Crippen LogP contribution in [-0.2, 0) is 5.75 Å². The number of thioether (sulfide) groups is 1. The quantitative estimate of drug-likeness (QED) is 0.493.